The molecule has 0 radical (unpaired) electrons. The van der Waals surface area contributed by atoms with E-state index >= 15 is 0 Å². The molecule has 0 aromatic heterocycles. The van der Waals surface area contributed by atoms with Crippen molar-refractivity contribution in [3.05, 3.63) is 33.3 Å². The molecule has 6 heteroatoms. The van der Waals surface area contributed by atoms with E-state index in [1.165, 1.54) is 18.9 Å². The lowest BCUT2D eigenvalue weighted by atomic mass is 9.97. The normalized spacial score (nSPS) is 17.4. The van der Waals surface area contributed by atoms with E-state index in [-0.39, 0.29) is 10.7 Å². The van der Waals surface area contributed by atoms with Gasteiger partial charge in [-0.15, -0.1) is 0 Å². The van der Waals surface area contributed by atoms with Crippen molar-refractivity contribution >= 4 is 23.0 Å². The molecule has 1 heterocycles. The van der Waals surface area contributed by atoms with Crippen LogP contribution in [0.3, 0.4) is 0 Å². The second kappa shape index (κ2) is 6.21. The third kappa shape index (κ3) is 3.81. The summed E-state index contributed by atoms with van der Waals surface area (Å²) in [5, 5.41) is 14.2. The predicted molar refractivity (Wildman–Crippen MR) is 76.8 cm³/mol. The Balaban J connectivity index is 1.92. The zero-order valence-electron chi connectivity index (χ0n) is 10.9. The zero-order valence-corrected chi connectivity index (χ0v) is 11.7. The number of nitrogens with one attached hydrogen (secondary N) is 1. The summed E-state index contributed by atoms with van der Waals surface area (Å²) in [5.41, 5.74) is 0.713. The third-order valence-corrected chi connectivity index (χ3v) is 3.90. The number of piperidine rings is 1. The third-order valence-electron chi connectivity index (χ3n) is 3.58. The molecule has 0 unspecified atom stereocenters. The maximum absolute atomic E-state index is 10.8. The first-order chi connectivity index (χ1) is 9.06. The Morgan fingerprint density at radius 2 is 2.16 bits per heavy atom. The van der Waals surface area contributed by atoms with Gasteiger partial charge in [-0.1, -0.05) is 11.6 Å². The van der Waals surface area contributed by atoms with Crippen molar-refractivity contribution in [1.82, 2.24) is 4.90 Å². The Morgan fingerprint density at radius 3 is 2.79 bits per heavy atom. The largest absolute Gasteiger partial charge is 0.385 e. The molecular formula is C13H18ClN3O2. The van der Waals surface area contributed by atoms with Gasteiger partial charge >= 0.3 is 0 Å². The summed E-state index contributed by atoms with van der Waals surface area (Å²) in [6.45, 7) is 3.09. The summed E-state index contributed by atoms with van der Waals surface area (Å²) < 4.78 is 0. The van der Waals surface area contributed by atoms with Gasteiger partial charge in [-0.2, -0.15) is 0 Å². The van der Waals surface area contributed by atoms with Gasteiger partial charge in [0.05, 0.1) is 4.92 Å². The highest BCUT2D eigenvalue weighted by Gasteiger charge is 2.17. The topological polar surface area (TPSA) is 58.4 Å². The molecule has 0 atom stereocenters. The second-order valence-corrected chi connectivity index (χ2v) is 5.46. The van der Waals surface area contributed by atoms with Crippen LogP contribution in [-0.2, 0) is 0 Å². The van der Waals surface area contributed by atoms with Gasteiger partial charge in [-0.05, 0) is 51.0 Å². The van der Waals surface area contributed by atoms with E-state index in [1.807, 2.05) is 0 Å². The Bertz CT molecular complexity index is 459. The number of nitro groups is 1. The maximum atomic E-state index is 10.8. The van der Waals surface area contributed by atoms with Crippen molar-refractivity contribution in [2.45, 2.75) is 12.8 Å². The number of hydrogen-bond acceptors (Lipinski definition) is 4. The van der Waals surface area contributed by atoms with E-state index in [0.717, 1.165) is 25.3 Å². The molecule has 0 saturated carbocycles. The quantitative estimate of drug-likeness (QED) is 0.682. The Morgan fingerprint density at radius 1 is 1.47 bits per heavy atom. The highest BCUT2D eigenvalue weighted by Crippen LogP contribution is 2.27. The zero-order chi connectivity index (χ0) is 13.8. The Kier molecular flexibility index (Phi) is 4.61. The van der Waals surface area contributed by atoms with Gasteiger partial charge in [-0.25, -0.2) is 0 Å². The van der Waals surface area contributed by atoms with E-state index in [9.17, 15) is 10.1 Å². The fourth-order valence-electron chi connectivity index (χ4n) is 2.29. The number of benzene rings is 1. The fourth-order valence-corrected chi connectivity index (χ4v) is 2.48. The van der Waals surface area contributed by atoms with Crippen LogP contribution in [0.4, 0.5) is 11.4 Å². The van der Waals surface area contributed by atoms with Crippen LogP contribution in [0.15, 0.2) is 18.2 Å². The van der Waals surface area contributed by atoms with Gasteiger partial charge in [0.2, 0.25) is 0 Å². The van der Waals surface area contributed by atoms with E-state index < -0.39 is 4.92 Å². The van der Waals surface area contributed by atoms with E-state index in [4.69, 9.17) is 11.6 Å². The smallest absolute Gasteiger partial charge is 0.289 e. The summed E-state index contributed by atoms with van der Waals surface area (Å²) in [5.74, 6) is 0.630. The van der Waals surface area contributed by atoms with Gasteiger partial charge < -0.3 is 10.2 Å². The summed E-state index contributed by atoms with van der Waals surface area (Å²) in [6.07, 6.45) is 2.33. The molecule has 0 aliphatic carbocycles. The van der Waals surface area contributed by atoms with Crippen LogP contribution >= 0.6 is 11.6 Å². The number of nitro benzene ring substituents is 1. The SMILES string of the molecule is CN1CCC(CNc2ccc(Cl)c([N+](=O)[O-])c2)CC1. The highest BCUT2D eigenvalue weighted by atomic mass is 35.5. The summed E-state index contributed by atoms with van der Waals surface area (Å²) in [4.78, 5) is 12.7. The van der Waals surface area contributed by atoms with E-state index in [0.29, 0.717) is 5.92 Å². The monoisotopic (exact) mass is 283 g/mol. The molecule has 19 heavy (non-hydrogen) atoms. The minimum atomic E-state index is -0.455. The summed E-state index contributed by atoms with van der Waals surface area (Å²) in [6, 6.07) is 4.85. The molecule has 2 rings (SSSR count). The van der Waals surface area contributed by atoms with E-state index in [2.05, 4.69) is 17.3 Å². The molecule has 1 aliphatic rings. The van der Waals surface area contributed by atoms with Crippen molar-refractivity contribution in [3.8, 4) is 0 Å². The molecule has 1 N–H and O–H groups in total. The van der Waals surface area contributed by atoms with Crippen LogP contribution < -0.4 is 5.32 Å². The van der Waals surface area contributed by atoms with Crippen molar-refractivity contribution < 1.29 is 4.92 Å². The fraction of sp³-hybridized carbons (Fsp3) is 0.538. The lowest BCUT2D eigenvalue weighted by Crippen LogP contribution is -2.32. The molecule has 1 aromatic rings. The van der Waals surface area contributed by atoms with Crippen molar-refractivity contribution in [2.24, 2.45) is 5.92 Å². The second-order valence-electron chi connectivity index (χ2n) is 5.05. The van der Waals surface area contributed by atoms with Gasteiger partial charge in [0.1, 0.15) is 5.02 Å². The number of nitrogens with zero attached hydrogens (tertiary/aromatic N) is 2. The van der Waals surface area contributed by atoms with Gasteiger partial charge in [0.25, 0.3) is 5.69 Å². The number of likely N-dealkylation sites (tertiary alicyclic amines) is 1. The molecular weight excluding hydrogens is 266 g/mol. The average Bonchev–Trinajstić information content (AvgIpc) is 2.39. The number of hydrogen-bond donors (Lipinski definition) is 1. The van der Waals surface area contributed by atoms with Gasteiger partial charge in [0.15, 0.2) is 0 Å². The van der Waals surface area contributed by atoms with Gasteiger partial charge in [0, 0.05) is 18.3 Å². The number of halogens is 1. The Hall–Kier alpha value is -1.33. The van der Waals surface area contributed by atoms with E-state index in [1.54, 1.807) is 12.1 Å². The first kappa shape index (κ1) is 14.1. The molecule has 1 saturated heterocycles. The standard InChI is InChI=1S/C13H18ClN3O2/c1-16-6-4-10(5-7-16)9-15-11-2-3-12(14)13(8-11)17(18)19/h2-3,8,10,15H,4-7,9H2,1H3. The van der Waals surface area contributed by atoms with Crippen molar-refractivity contribution in [3.63, 3.8) is 0 Å². The molecule has 0 amide bonds. The first-order valence-corrected chi connectivity index (χ1v) is 6.80. The maximum Gasteiger partial charge on any atom is 0.289 e. The average molecular weight is 284 g/mol. The minimum Gasteiger partial charge on any atom is -0.385 e. The van der Waals surface area contributed by atoms with Crippen LogP contribution in [0.5, 0.6) is 0 Å². The van der Waals surface area contributed by atoms with Crippen LogP contribution in [0.25, 0.3) is 0 Å². The number of anilines is 1. The lowest BCUT2D eigenvalue weighted by Gasteiger charge is -2.29. The molecule has 1 aliphatic heterocycles. The van der Waals surface area contributed by atoms with Crippen LogP contribution in [0.2, 0.25) is 5.02 Å². The molecule has 1 aromatic carbocycles. The molecule has 0 bridgehead atoms. The lowest BCUT2D eigenvalue weighted by molar-refractivity contribution is -0.384. The van der Waals surface area contributed by atoms with Gasteiger partial charge in [-0.3, -0.25) is 10.1 Å². The Labute approximate surface area is 117 Å². The molecule has 0 spiro atoms. The van der Waals surface area contributed by atoms with Crippen LogP contribution in [0.1, 0.15) is 12.8 Å². The first-order valence-electron chi connectivity index (χ1n) is 6.42. The predicted octanol–water partition coefficient (Wildman–Crippen LogP) is 3.00. The highest BCUT2D eigenvalue weighted by molar-refractivity contribution is 6.32. The summed E-state index contributed by atoms with van der Waals surface area (Å²) in [7, 11) is 2.13. The number of rotatable bonds is 4. The van der Waals surface area contributed by atoms with Crippen LogP contribution in [-0.4, -0.2) is 36.5 Å². The van der Waals surface area contributed by atoms with Crippen molar-refractivity contribution in [1.29, 1.82) is 0 Å². The van der Waals surface area contributed by atoms with Crippen LogP contribution in [0, 0.1) is 16.0 Å². The summed E-state index contributed by atoms with van der Waals surface area (Å²) >= 11 is 5.78. The molecule has 5 nitrogen and oxygen atoms in total. The minimum absolute atomic E-state index is 0.0463. The van der Waals surface area contributed by atoms with Crippen molar-refractivity contribution in [2.75, 3.05) is 32.0 Å². The molecule has 1 fully saturated rings. The molecule has 104 valence electrons.